The summed E-state index contributed by atoms with van der Waals surface area (Å²) in [4.78, 5) is 42.7. The lowest BCUT2D eigenvalue weighted by Crippen LogP contribution is -2.52. The van der Waals surface area contributed by atoms with E-state index in [1.165, 1.54) is 11.1 Å². The van der Waals surface area contributed by atoms with Crippen molar-refractivity contribution < 1.29 is 14.4 Å². The second-order valence-corrected chi connectivity index (χ2v) is 10.1. The maximum Gasteiger partial charge on any atom is 0.325 e. The average molecular weight is 444 g/mol. The summed E-state index contributed by atoms with van der Waals surface area (Å²) in [5, 5.41) is 2.93. The molecule has 33 heavy (non-hydrogen) atoms. The van der Waals surface area contributed by atoms with Gasteiger partial charge in [0.05, 0.1) is 0 Å². The molecular weight excluding hydrogens is 414 g/mol. The number of carbonyl (C=O) groups is 3. The molecule has 2 heterocycles. The number of nitrogens with zero attached hydrogens (tertiary/aromatic N) is 2. The van der Waals surface area contributed by atoms with Crippen molar-refractivity contribution in [1.29, 1.82) is 0 Å². The quantitative estimate of drug-likeness (QED) is 0.725. The van der Waals surface area contributed by atoms with Crippen molar-refractivity contribution in [2.24, 2.45) is 0 Å². The Bertz CT molecular complexity index is 1160. The van der Waals surface area contributed by atoms with Crippen LogP contribution in [0.4, 0.5) is 4.79 Å². The molecule has 0 bridgehead atoms. The van der Waals surface area contributed by atoms with Crippen LogP contribution >= 0.6 is 0 Å². The molecule has 4 amide bonds. The Morgan fingerprint density at radius 1 is 0.879 bits per heavy atom. The van der Waals surface area contributed by atoms with Crippen molar-refractivity contribution in [3.63, 3.8) is 0 Å². The van der Waals surface area contributed by atoms with Gasteiger partial charge in [-0.05, 0) is 67.2 Å². The Kier molecular flexibility index (Phi) is 4.61. The molecule has 2 fully saturated rings. The number of hydrogen-bond acceptors (Lipinski definition) is 3. The molecule has 0 radical (unpaired) electrons. The summed E-state index contributed by atoms with van der Waals surface area (Å²) < 4.78 is 0. The highest BCUT2D eigenvalue weighted by Gasteiger charge is 2.55. The number of piperidine rings is 1. The fourth-order valence-electron chi connectivity index (χ4n) is 6.74. The van der Waals surface area contributed by atoms with Crippen LogP contribution in [0.1, 0.15) is 54.4 Å². The van der Waals surface area contributed by atoms with Gasteiger partial charge in [0.2, 0.25) is 5.91 Å². The predicted molar refractivity (Wildman–Crippen MR) is 124 cm³/mol. The van der Waals surface area contributed by atoms with Gasteiger partial charge in [0.1, 0.15) is 12.1 Å². The van der Waals surface area contributed by atoms with E-state index in [-0.39, 0.29) is 23.8 Å². The number of fused-ring (bicyclic) bond motifs is 4. The summed E-state index contributed by atoms with van der Waals surface area (Å²) in [6.07, 6.45) is 6.63. The molecule has 6 nitrogen and oxygen atoms in total. The minimum atomic E-state index is -1.01. The molecule has 0 aromatic heterocycles. The lowest BCUT2D eigenvalue weighted by Gasteiger charge is -2.46. The Morgan fingerprint density at radius 3 is 2.39 bits per heavy atom. The molecule has 1 N–H and O–H groups in total. The van der Waals surface area contributed by atoms with Crippen LogP contribution in [0.15, 0.2) is 48.5 Å². The van der Waals surface area contributed by atoms with Gasteiger partial charge in [-0.2, -0.15) is 0 Å². The summed E-state index contributed by atoms with van der Waals surface area (Å²) in [6, 6.07) is 15.9. The molecule has 6 rings (SSSR count). The van der Waals surface area contributed by atoms with Gasteiger partial charge in [-0.3, -0.25) is 14.5 Å². The number of aryl methyl sites for hydroxylation is 2. The van der Waals surface area contributed by atoms with E-state index in [9.17, 15) is 14.4 Å². The number of imide groups is 1. The number of urea groups is 1. The Labute approximate surface area is 193 Å². The van der Waals surface area contributed by atoms with Crippen molar-refractivity contribution in [2.45, 2.75) is 55.9 Å². The van der Waals surface area contributed by atoms with Crippen LogP contribution in [-0.2, 0) is 33.4 Å². The molecule has 170 valence electrons. The summed E-state index contributed by atoms with van der Waals surface area (Å²) in [5.41, 5.74) is 3.71. The van der Waals surface area contributed by atoms with Crippen LogP contribution in [0.3, 0.4) is 0 Å². The van der Waals surface area contributed by atoms with Crippen molar-refractivity contribution in [2.75, 3.05) is 19.6 Å². The van der Waals surface area contributed by atoms with Gasteiger partial charge < -0.3 is 10.2 Å². The van der Waals surface area contributed by atoms with E-state index in [4.69, 9.17) is 0 Å². The van der Waals surface area contributed by atoms with E-state index in [1.54, 1.807) is 0 Å². The number of benzene rings is 2. The SMILES string of the molecule is O=C(CN1C(=O)NC2(CCc3ccccc32)C1=O)N1CCCC2(CCCc3ccccc32)C1. The zero-order valence-electron chi connectivity index (χ0n) is 18.8. The molecule has 2 spiro atoms. The predicted octanol–water partition coefficient (Wildman–Crippen LogP) is 3.28. The lowest BCUT2D eigenvalue weighted by molar-refractivity contribution is -0.140. The third kappa shape index (κ3) is 3.03. The largest absolute Gasteiger partial charge is 0.340 e. The van der Waals surface area contributed by atoms with Gasteiger partial charge in [0.15, 0.2) is 0 Å². The van der Waals surface area contributed by atoms with Crippen molar-refractivity contribution in [3.05, 3.63) is 70.8 Å². The first-order chi connectivity index (χ1) is 16.0. The summed E-state index contributed by atoms with van der Waals surface area (Å²) in [6.45, 7) is 1.16. The molecule has 2 aliphatic heterocycles. The van der Waals surface area contributed by atoms with Crippen LogP contribution in [0.5, 0.6) is 0 Å². The Balaban J connectivity index is 1.22. The van der Waals surface area contributed by atoms with E-state index in [0.717, 1.165) is 54.6 Å². The van der Waals surface area contributed by atoms with Gasteiger partial charge in [0, 0.05) is 18.5 Å². The fraction of sp³-hybridized carbons (Fsp3) is 0.444. The standard InChI is InChI=1S/C27H29N3O3/c31-23(29-16-6-14-26(18-29)13-5-9-19-7-1-3-10-21(19)26)17-30-24(32)27(28-25(30)33)15-12-20-8-2-4-11-22(20)27/h1-4,7-8,10-11H,5-6,9,12-18H2,(H,28,33). The van der Waals surface area contributed by atoms with E-state index in [2.05, 4.69) is 29.6 Å². The van der Waals surface area contributed by atoms with E-state index >= 15 is 0 Å². The summed E-state index contributed by atoms with van der Waals surface area (Å²) in [7, 11) is 0. The first-order valence-corrected chi connectivity index (χ1v) is 12.1. The van der Waals surface area contributed by atoms with Crippen LogP contribution in [0, 0.1) is 0 Å². The number of carbonyl (C=O) groups excluding carboxylic acids is 3. The molecule has 6 heteroatoms. The number of nitrogens with one attached hydrogen (secondary N) is 1. The van der Waals surface area contributed by atoms with Crippen molar-refractivity contribution in [3.8, 4) is 0 Å². The van der Waals surface area contributed by atoms with Gasteiger partial charge in [-0.25, -0.2) is 4.79 Å². The fourth-order valence-corrected chi connectivity index (χ4v) is 6.74. The minimum absolute atomic E-state index is 0.00829. The third-order valence-electron chi connectivity index (χ3n) is 8.34. The zero-order valence-corrected chi connectivity index (χ0v) is 18.8. The van der Waals surface area contributed by atoms with Gasteiger partial charge in [0.25, 0.3) is 5.91 Å². The maximum absolute atomic E-state index is 13.5. The second-order valence-electron chi connectivity index (χ2n) is 10.1. The van der Waals surface area contributed by atoms with Crippen LogP contribution in [0.2, 0.25) is 0 Å². The molecule has 2 aromatic rings. The maximum atomic E-state index is 13.5. The normalized spacial score (nSPS) is 28.2. The van der Waals surface area contributed by atoms with Crippen molar-refractivity contribution >= 4 is 17.8 Å². The Morgan fingerprint density at radius 2 is 1.58 bits per heavy atom. The lowest BCUT2D eigenvalue weighted by atomic mass is 9.66. The molecule has 2 aliphatic carbocycles. The molecule has 2 unspecified atom stereocenters. The smallest absolute Gasteiger partial charge is 0.325 e. The second kappa shape index (κ2) is 7.44. The van der Waals surface area contributed by atoms with Gasteiger partial charge >= 0.3 is 6.03 Å². The monoisotopic (exact) mass is 443 g/mol. The zero-order chi connectivity index (χ0) is 22.6. The molecule has 4 aliphatic rings. The third-order valence-corrected chi connectivity index (χ3v) is 8.34. The number of hydrogen-bond donors (Lipinski definition) is 1. The first-order valence-electron chi connectivity index (χ1n) is 12.1. The average Bonchev–Trinajstić information content (AvgIpc) is 3.32. The molecule has 2 aromatic carbocycles. The van der Waals surface area contributed by atoms with Gasteiger partial charge in [-0.15, -0.1) is 0 Å². The van der Waals surface area contributed by atoms with Gasteiger partial charge in [-0.1, -0.05) is 48.5 Å². The highest BCUT2D eigenvalue weighted by atomic mass is 16.2. The minimum Gasteiger partial charge on any atom is -0.340 e. The molecular formula is C27H29N3O3. The summed E-state index contributed by atoms with van der Waals surface area (Å²) in [5.74, 6) is -0.426. The molecule has 2 saturated heterocycles. The van der Waals surface area contributed by atoms with E-state index in [1.807, 2.05) is 29.2 Å². The Hall–Kier alpha value is -3.15. The van der Waals surface area contributed by atoms with Crippen LogP contribution in [-0.4, -0.2) is 47.3 Å². The van der Waals surface area contributed by atoms with Crippen LogP contribution in [0.25, 0.3) is 0 Å². The highest BCUT2D eigenvalue weighted by molar-refractivity contribution is 6.09. The first kappa shape index (κ1) is 20.5. The number of rotatable bonds is 2. The van der Waals surface area contributed by atoms with E-state index < -0.39 is 11.6 Å². The molecule has 0 saturated carbocycles. The van der Waals surface area contributed by atoms with E-state index in [0.29, 0.717) is 19.5 Å². The number of likely N-dealkylation sites (tertiary alicyclic amines) is 1. The summed E-state index contributed by atoms with van der Waals surface area (Å²) >= 11 is 0. The molecule has 2 atom stereocenters. The topological polar surface area (TPSA) is 69.7 Å². The van der Waals surface area contributed by atoms with Crippen LogP contribution < -0.4 is 5.32 Å². The number of amides is 4. The van der Waals surface area contributed by atoms with Crippen molar-refractivity contribution in [1.82, 2.24) is 15.1 Å². The highest BCUT2D eigenvalue weighted by Crippen LogP contribution is 2.44.